The molecule has 2 fully saturated rings. The third-order valence-electron chi connectivity index (χ3n) is 6.61. The number of rotatable bonds is 3. The van der Waals surface area contributed by atoms with Gasteiger partial charge in [0.05, 0.1) is 11.4 Å². The van der Waals surface area contributed by atoms with Crippen molar-refractivity contribution in [3.63, 3.8) is 0 Å². The average molecular weight is 431 g/mol. The lowest BCUT2D eigenvalue weighted by molar-refractivity contribution is 0.477. The number of fused-ring (bicyclic) bond motifs is 2. The van der Waals surface area contributed by atoms with Crippen LogP contribution in [0.1, 0.15) is 39.3 Å². The van der Waals surface area contributed by atoms with Crippen molar-refractivity contribution in [2.24, 2.45) is 0 Å². The van der Waals surface area contributed by atoms with Gasteiger partial charge in [0, 0.05) is 53.7 Å². The Bertz CT molecular complexity index is 1130. The second-order valence-corrected chi connectivity index (χ2v) is 9.86. The van der Waals surface area contributed by atoms with E-state index in [1.165, 1.54) is 5.69 Å². The number of nitrogens with zero attached hydrogens (tertiary/aromatic N) is 5. The molecule has 2 bridgehead atoms. The predicted octanol–water partition coefficient (Wildman–Crippen LogP) is 3.98. The molecule has 2 atom stereocenters. The molecule has 1 aromatic carbocycles. The van der Waals surface area contributed by atoms with E-state index >= 15 is 0 Å². The number of benzene rings is 1. The number of hydrogen-bond donors (Lipinski definition) is 2. The van der Waals surface area contributed by atoms with Crippen LogP contribution in [-0.4, -0.2) is 45.5 Å². The summed E-state index contributed by atoms with van der Waals surface area (Å²) < 4.78 is 0. The minimum atomic E-state index is 0.0213. The van der Waals surface area contributed by atoms with E-state index in [0.717, 1.165) is 37.3 Å². The molecule has 7 heteroatoms. The maximum atomic E-state index is 10.2. The van der Waals surface area contributed by atoms with Crippen molar-refractivity contribution in [3.05, 3.63) is 54.4 Å². The van der Waals surface area contributed by atoms with Crippen molar-refractivity contribution in [2.45, 2.75) is 51.1 Å². The fourth-order valence-corrected chi connectivity index (χ4v) is 4.98. The Morgan fingerprint density at radius 2 is 1.72 bits per heavy atom. The zero-order chi connectivity index (χ0) is 22.5. The molecule has 0 saturated carbocycles. The van der Waals surface area contributed by atoms with Crippen LogP contribution < -0.4 is 15.5 Å². The monoisotopic (exact) mass is 430 g/mol. The van der Waals surface area contributed by atoms with Crippen LogP contribution >= 0.6 is 0 Å². The van der Waals surface area contributed by atoms with Crippen LogP contribution in [0.2, 0.25) is 0 Å². The summed E-state index contributed by atoms with van der Waals surface area (Å²) in [7, 11) is 0. The number of phenols is 1. The molecule has 0 spiro atoms. The van der Waals surface area contributed by atoms with E-state index < -0.39 is 0 Å². The summed E-state index contributed by atoms with van der Waals surface area (Å²) in [4.78, 5) is 9.51. The summed E-state index contributed by atoms with van der Waals surface area (Å²) in [6.45, 7) is 8.35. The number of anilines is 3. The first kappa shape index (κ1) is 20.5. The molecular weight excluding hydrogens is 400 g/mol. The molecule has 2 saturated heterocycles. The first-order chi connectivity index (χ1) is 15.3. The molecule has 0 radical (unpaired) electrons. The lowest BCUT2D eigenvalue weighted by Crippen LogP contribution is -2.54. The van der Waals surface area contributed by atoms with Crippen LogP contribution in [0.15, 0.2) is 48.7 Å². The van der Waals surface area contributed by atoms with Crippen molar-refractivity contribution in [1.29, 1.82) is 0 Å². The van der Waals surface area contributed by atoms with Crippen LogP contribution in [0, 0.1) is 0 Å². The summed E-state index contributed by atoms with van der Waals surface area (Å²) >= 11 is 0. The molecular formula is C25H30N6O. The normalized spacial score (nSPS) is 20.6. The Hall–Kier alpha value is -3.35. The van der Waals surface area contributed by atoms with Gasteiger partial charge in [-0.15, -0.1) is 10.2 Å². The zero-order valence-corrected chi connectivity index (χ0v) is 18.9. The zero-order valence-electron chi connectivity index (χ0n) is 18.9. The standard InChI is InChI=1S/C25H30N6O/c1-25(2,3)23-12-16(10-11-27-23)31-17-8-9-18(31)15-30(14-17)21-13-20(28-29-24(21)26)19-6-4-5-7-22(19)32/h4-7,10-13,17-18,32H,8-9,14-15H2,1-3H3,(H2,26,29). The molecule has 3 N–H and O–H groups in total. The number of pyridine rings is 1. The SMILES string of the molecule is CC(C)(C)c1cc(N2C3CCC2CN(c2cc(-c4ccccc4O)nnc2N)C3)ccn1. The summed E-state index contributed by atoms with van der Waals surface area (Å²) in [5.74, 6) is 0.616. The lowest BCUT2D eigenvalue weighted by Gasteiger charge is -2.43. The van der Waals surface area contributed by atoms with Gasteiger partial charge in [0.15, 0.2) is 5.82 Å². The summed E-state index contributed by atoms with van der Waals surface area (Å²) in [6, 6.07) is 14.3. The van der Waals surface area contributed by atoms with Gasteiger partial charge >= 0.3 is 0 Å². The van der Waals surface area contributed by atoms with Gasteiger partial charge in [-0.25, -0.2) is 0 Å². The van der Waals surface area contributed by atoms with Gasteiger partial charge in [-0.3, -0.25) is 4.98 Å². The molecule has 32 heavy (non-hydrogen) atoms. The molecule has 4 heterocycles. The topological polar surface area (TPSA) is 91.4 Å². The van der Waals surface area contributed by atoms with E-state index in [2.05, 4.69) is 57.9 Å². The molecule has 2 aliphatic rings. The van der Waals surface area contributed by atoms with Crippen molar-refractivity contribution < 1.29 is 5.11 Å². The molecule has 2 aliphatic heterocycles. The number of hydrogen-bond acceptors (Lipinski definition) is 7. The fraction of sp³-hybridized carbons (Fsp3) is 0.400. The van der Waals surface area contributed by atoms with Crippen molar-refractivity contribution in [2.75, 3.05) is 28.6 Å². The molecule has 2 unspecified atom stereocenters. The number of aromatic nitrogens is 3. The third kappa shape index (κ3) is 3.61. The second kappa shape index (κ2) is 7.65. The highest BCUT2D eigenvalue weighted by molar-refractivity contribution is 5.74. The van der Waals surface area contributed by atoms with E-state index in [1.807, 2.05) is 24.4 Å². The highest BCUT2D eigenvalue weighted by atomic mass is 16.3. The molecule has 166 valence electrons. The molecule has 2 aromatic heterocycles. The Morgan fingerprint density at radius 3 is 2.41 bits per heavy atom. The van der Waals surface area contributed by atoms with Crippen LogP contribution in [0.5, 0.6) is 5.75 Å². The van der Waals surface area contributed by atoms with Gasteiger partial charge in [-0.2, -0.15) is 0 Å². The van der Waals surface area contributed by atoms with Crippen LogP contribution in [0.3, 0.4) is 0 Å². The Kier molecular flexibility index (Phi) is 4.92. The number of nitrogens with two attached hydrogens (primary N) is 1. The Balaban J connectivity index is 1.43. The Labute approximate surface area is 188 Å². The summed E-state index contributed by atoms with van der Waals surface area (Å²) in [5, 5.41) is 18.7. The summed E-state index contributed by atoms with van der Waals surface area (Å²) in [5.41, 5.74) is 10.8. The van der Waals surface area contributed by atoms with Crippen LogP contribution in [0.4, 0.5) is 17.2 Å². The molecule has 0 amide bonds. The minimum Gasteiger partial charge on any atom is -0.507 e. The van der Waals surface area contributed by atoms with Gasteiger partial charge in [-0.1, -0.05) is 32.9 Å². The Morgan fingerprint density at radius 1 is 1.00 bits per heavy atom. The number of phenolic OH excluding ortho intramolecular Hbond substituents is 1. The maximum Gasteiger partial charge on any atom is 0.169 e. The average Bonchev–Trinajstić information content (AvgIpc) is 3.03. The number of para-hydroxylation sites is 1. The number of nitrogen functional groups attached to an aromatic ring is 1. The summed E-state index contributed by atoms with van der Waals surface area (Å²) in [6.07, 6.45) is 4.24. The van der Waals surface area contributed by atoms with Crippen LogP contribution in [-0.2, 0) is 5.41 Å². The van der Waals surface area contributed by atoms with Gasteiger partial charge in [0.2, 0.25) is 0 Å². The van der Waals surface area contributed by atoms with E-state index in [1.54, 1.807) is 12.1 Å². The smallest absolute Gasteiger partial charge is 0.169 e. The molecule has 7 nitrogen and oxygen atoms in total. The molecule has 3 aromatic rings. The number of aromatic hydroxyl groups is 1. The minimum absolute atomic E-state index is 0.0213. The maximum absolute atomic E-state index is 10.2. The van der Waals surface area contributed by atoms with E-state index in [-0.39, 0.29) is 11.2 Å². The highest BCUT2D eigenvalue weighted by Gasteiger charge is 2.41. The largest absolute Gasteiger partial charge is 0.507 e. The van der Waals surface area contributed by atoms with Crippen LogP contribution in [0.25, 0.3) is 11.3 Å². The third-order valence-corrected chi connectivity index (χ3v) is 6.61. The van der Waals surface area contributed by atoms with Gasteiger partial charge in [0.25, 0.3) is 0 Å². The van der Waals surface area contributed by atoms with Gasteiger partial charge in [-0.05, 0) is 43.2 Å². The van der Waals surface area contributed by atoms with Crippen molar-refractivity contribution in [1.82, 2.24) is 15.2 Å². The molecule has 0 aliphatic carbocycles. The van der Waals surface area contributed by atoms with Gasteiger partial charge < -0.3 is 20.6 Å². The van der Waals surface area contributed by atoms with E-state index in [9.17, 15) is 5.11 Å². The number of piperazine rings is 1. The lowest BCUT2D eigenvalue weighted by atomic mass is 9.91. The second-order valence-electron chi connectivity index (χ2n) is 9.86. The van der Waals surface area contributed by atoms with E-state index in [4.69, 9.17) is 5.73 Å². The first-order valence-corrected chi connectivity index (χ1v) is 11.2. The quantitative estimate of drug-likeness (QED) is 0.649. The molecule has 5 rings (SSSR count). The first-order valence-electron chi connectivity index (χ1n) is 11.2. The van der Waals surface area contributed by atoms with Crippen molar-refractivity contribution in [3.8, 4) is 17.0 Å². The highest BCUT2D eigenvalue weighted by Crippen LogP contribution is 2.39. The predicted molar refractivity (Wildman–Crippen MR) is 128 cm³/mol. The van der Waals surface area contributed by atoms with Gasteiger partial charge in [0.1, 0.15) is 5.75 Å². The fourth-order valence-electron chi connectivity index (χ4n) is 4.98. The van der Waals surface area contributed by atoms with E-state index in [0.29, 0.717) is 29.2 Å². The van der Waals surface area contributed by atoms with Crippen molar-refractivity contribution >= 4 is 17.2 Å².